The highest BCUT2D eigenvalue weighted by Crippen LogP contribution is 2.40. The quantitative estimate of drug-likeness (QED) is 0.161. The van der Waals surface area contributed by atoms with Gasteiger partial charge in [-0.2, -0.15) is 0 Å². The number of benzene rings is 9. The summed E-state index contributed by atoms with van der Waals surface area (Å²) in [7, 11) is 0. The molecule has 0 radical (unpaired) electrons. The molecule has 0 saturated carbocycles. The van der Waals surface area contributed by atoms with Crippen molar-refractivity contribution in [2.45, 2.75) is 0 Å². The van der Waals surface area contributed by atoms with Gasteiger partial charge in [0.25, 0.3) is 0 Å². The summed E-state index contributed by atoms with van der Waals surface area (Å²) >= 11 is 0. The Balaban J connectivity index is 1.13. The number of rotatable bonds is 7. The van der Waals surface area contributed by atoms with Gasteiger partial charge in [0.2, 0.25) is 0 Å². The first-order valence-electron chi connectivity index (χ1n) is 23.0. The van der Waals surface area contributed by atoms with Crippen molar-refractivity contribution in [1.29, 1.82) is 0 Å². The van der Waals surface area contributed by atoms with Gasteiger partial charge in [-0.15, -0.1) is 0 Å². The summed E-state index contributed by atoms with van der Waals surface area (Å²) in [5.41, 5.74) is 10.5. The first-order chi connectivity index (χ1) is 32.8. The van der Waals surface area contributed by atoms with Crippen LogP contribution >= 0.6 is 0 Å². The third-order valence-electron chi connectivity index (χ3n) is 11.7. The predicted molar refractivity (Wildman–Crippen MR) is 256 cm³/mol. The molecule has 0 aliphatic carbocycles. The van der Waals surface area contributed by atoms with Crippen molar-refractivity contribution >= 4 is 43.6 Å². The lowest BCUT2D eigenvalue weighted by Crippen LogP contribution is -2.02. The van der Waals surface area contributed by atoms with E-state index in [0.29, 0.717) is 22.8 Å². The summed E-state index contributed by atoms with van der Waals surface area (Å²) in [4.78, 5) is 15.3. The van der Waals surface area contributed by atoms with Crippen molar-refractivity contribution in [2.24, 2.45) is 0 Å². The van der Waals surface area contributed by atoms with Gasteiger partial charge in [-0.3, -0.25) is 0 Å². The molecule has 0 N–H and O–H groups in total. The zero-order valence-corrected chi connectivity index (χ0v) is 33.2. The molecule has 3 aromatic heterocycles. The molecule has 12 rings (SSSR count). The molecule has 5 nitrogen and oxygen atoms in total. The lowest BCUT2D eigenvalue weighted by molar-refractivity contribution is 1.07. The number of fused-ring (bicyclic) bond motifs is 6. The molecule has 0 aliphatic rings. The topological polar surface area (TPSA) is 48.5 Å². The van der Waals surface area contributed by atoms with Crippen LogP contribution in [0.5, 0.6) is 0 Å². The van der Waals surface area contributed by atoms with Gasteiger partial charge in [-0.05, 0) is 64.7 Å². The van der Waals surface area contributed by atoms with Crippen LogP contribution < -0.4 is 0 Å². The first kappa shape index (κ1) is 30.6. The van der Waals surface area contributed by atoms with Crippen molar-refractivity contribution < 1.29 is 6.85 Å². The Morgan fingerprint density at radius 1 is 0.306 bits per heavy atom. The Morgan fingerprint density at radius 3 is 1.35 bits per heavy atom. The molecule has 0 atom stereocenters. The van der Waals surface area contributed by atoms with Crippen molar-refractivity contribution in [3.05, 3.63) is 224 Å². The summed E-state index contributed by atoms with van der Waals surface area (Å²) in [6.07, 6.45) is 0. The summed E-state index contributed by atoms with van der Waals surface area (Å²) in [5, 5.41) is 4.47. The highest BCUT2D eigenvalue weighted by atomic mass is 15.0. The van der Waals surface area contributed by atoms with Gasteiger partial charge in [0.05, 0.1) is 28.9 Å². The van der Waals surface area contributed by atoms with Crippen molar-refractivity contribution in [1.82, 2.24) is 24.1 Å². The Morgan fingerprint density at radius 2 is 0.742 bits per heavy atom. The zero-order chi connectivity index (χ0) is 45.3. The third kappa shape index (κ3) is 5.98. The maximum absolute atomic E-state index is 9.16. The molecule has 9 aromatic carbocycles. The minimum Gasteiger partial charge on any atom is -0.309 e. The molecule has 12 aromatic rings. The molecular weight excluding hydrogens is 755 g/mol. The van der Waals surface area contributed by atoms with Crippen LogP contribution in [0.4, 0.5) is 0 Å². The average molecular weight is 797 g/mol. The van der Waals surface area contributed by atoms with E-state index in [9.17, 15) is 0 Å². The fourth-order valence-corrected chi connectivity index (χ4v) is 8.82. The second kappa shape index (κ2) is 14.7. The fraction of sp³-hybridized carbons (Fsp3) is 0. The van der Waals surface area contributed by atoms with Crippen LogP contribution in [0.3, 0.4) is 0 Å². The monoisotopic (exact) mass is 796 g/mol. The second-order valence-electron chi connectivity index (χ2n) is 15.3. The summed E-state index contributed by atoms with van der Waals surface area (Å²) < 4.78 is 48.7. The van der Waals surface area contributed by atoms with Crippen LogP contribution in [0.1, 0.15) is 6.85 Å². The minimum atomic E-state index is -0.464. The lowest BCUT2D eigenvalue weighted by atomic mass is 9.98. The van der Waals surface area contributed by atoms with Gasteiger partial charge in [0, 0.05) is 49.6 Å². The highest BCUT2D eigenvalue weighted by molar-refractivity contribution is 6.12. The number of aromatic nitrogens is 5. The SMILES string of the molecule is [2H]c1c([2H])c([2H])c(-c2ccc(-n3c4ccccc4c4ccc(-n5c6ccccc6c6ccccc65)cc43)cc2-c2nc(-c3ccccc3)nc(-c3ccc(-c4ccccc4)cc3)n2)c([2H])c1[2H]. The summed E-state index contributed by atoms with van der Waals surface area (Å²) in [6, 6.07) is 63.6. The highest BCUT2D eigenvalue weighted by Gasteiger charge is 2.20. The van der Waals surface area contributed by atoms with Gasteiger partial charge in [0.1, 0.15) is 0 Å². The molecule has 0 saturated heterocycles. The van der Waals surface area contributed by atoms with Gasteiger partial charge in [0.15, 0.2) is 17.5 Å². The van der Waals surface area contributed by atoms with E-state index in [1.165, 1.54) is 10.8 Å². The molecule has 0 aliphatic heterocycles. The van der Waals surface area contributed by atoms with Crippen LogP contribution in [-0.2, 0) is 0 Å². The Bertz CT molecular complexity index is 3840. The van der Waals surface area contributed by atoms with E-state index >= 15 is 0 Å². The van der Waals surface area contributed by atoms with Crippen LogP contribution in [0.15, 0.2) is 224 Å². The lowest BCUT2D eigenvalue weighted by Gasteiger charge is -2.16. The molecule has 290 valence electrons. The summed E-state index contributed by atoms with van der Waals surface area (Å²) in [5.74, 6) is 1.14. The van der Waals surface area contributed by atoms with E-state index in [4.69, 9.17) is 21.8 Å². The second-order valence-corrected chi connectivity index (χ2v) is 15.3. The molecule has 3 heterocycles. The van der Waals surface area contributed by atoms with E-state index in [1.54, 1.807) is 0 Å². The largest absolute Gasteiger partial charge is 0.309 e. The van der Waals surface area contributed by atoms with Crippen molar-refractivity contribution in [2.75, 3.05) is 0 Å². The van der Waals surface area contributed by atoms with Crippen LogP contribution in [0, 0.1) is 0 Å². The summed E-state index contributed by atoms with van der Waals surface area (Å²) in [6.45, 7) is 0. The van der Waals surface area contributed by atoms with Gasteiger partial charge in [-0.25, -0.2) is 15.0 Å². The normalized spacial score (nSPS) is 12.7. The van der Waals surface area contributed by atoms with Gasteiger partial charge in [-0.1, -0.05) is 182 Å². The van der Waals surface area contributed by atoms with E-state index in [1.807, 2.05) is 103 Å². The van der Waals surface area contributed by atoms with Crippen molar-refractivity contribution in [3.8, 4) is 67.8 Å². The van der Waals surface area contributed by atoms with E-state index < -0.39 is 18.1 Å². The smallest absolute Gasteiger partial charge is 0.164 e. The minimum absolute atomic E-state index is 0.0545. The number of hydrogen-bond acceptors (Lipinski definition) is 3. The van der Waals surface area contributed by atoms with E-state index in [-0.39, 0.29) is 23.5 Å². The Hall–Kier alpha value is -8.41. The maximum Gasteiger partial charge on any atom is 0.164 e. The fourth-order valence-electron chi connectivity index (χ4n) is 8.82. The van der Waals surface area contributed by atoms with Crippen LogP contribution in [0.25, 0.3) is 111 Å². The first-order valence-corrected chi connectivity index (χ1v) is 20.5. The molecule has 5 heteroatoms. The maximum atomic E-state index is 9.16. The number of nitrogens with zero attached hydrogens (tertiary/aromatic N) is 5. The molecule has 0 fully saturated rings. The Kier molecular flexibility index (Phi) is 7.25. The number of hydrogen-bond donors (Lipinski definition) is 0. The van der Waals surface area contributed by atoms with Gasteiger partial charge < -0.3 is 9.13 Å². The molecular formula is C57H37N5. The van der Waals surface area contributed by atoms with Gasteiger partial charge >= 0.3 is 0 Å². The predicted octanol–water partition coefficient (Wildman–Crippen LogP) is 14.4. The van der Waals surface area contributed by atoms with E-state index in [0.717, 1.165) is 66.5 Å². The van der Waals surface area contributed by atoms with Crippen molar-refractivity contribution in [3.63, 3.8) is 0 Å². The van der Waals surface area contributed by atoms with Crippen LogP contribution in [-0.4, -0.2) is 24.1 Å². The number of para-hydroxylation sites is 3. The standard InChI is InChI=1S/C57H37N5/c1-4-16-38(17-5-1)39-28-30-42(31-29-39)56-58-55(41-20-8-3-9-21-41)59-57(60-56)50-36-43(32-34-45(50)40-18-6-2-7-19-40)62-53-27-15-12-24-48(53)49-35-33-44(37-54(49)62)61-51-25-13-10-22-46(51)47-23-11-14-26-52(47)61/h1-37H/i2D,6D,7D,18D,19D. The van der Waals surface area contributed by atoms with Crippen LogP contribution in [0.2, 0.25) is 0 Å². The molecule has 0 amide bonds. The van der Waals surface area contributed by atoms with E-state index in [2.05, 4.69) is 100 Å². The molecule has 0 spiro atoms. The molecule has 62 heavy (non-hydrogen) atoms. The Labute approximate surface area is 365 Å². The average Bonchev–Trinajstić information content (AvgIpc) is 3.90. The zero-order valence-electron chi connectivity index (χ0n) is 38.2. The molecule has 0 bridgehead atoms. The third-order valence-corrected chi connectivity index (χ3v) is 11.7. The molecule has 0 unspecified atom stereocenters.